The highest BCUT2D eigenvalue weighted by molar-refractivity contribution is 9.10. The predicted molar refractivity (Wildman–Crippen MR) is 62.1 cm³/mol. The summed E-state index contributed by atoms with van der Waals surface area (Å²) in [7, 11) is 1.67. The van der Waals surface area contributed by atoms with Gasteiger partial charge in [-0.1, -0.05) is 6.92 Å². The number of ether oxygens (including phenoxy) is 1. The van der Waals surface area contributed by atoms with E-state index >= 15 is 0 Å². The average Bonchev–Trinajstić information content (AvgIpc) is 2.21. The van der Waals surface area contributed by atoms with E-state index in [1.807, 2.05) is 0 Å². The monoisotopic (exact) mass is 275 g/mol. The van der Waals surface area contributed by atoms with Crippen molar-refractivity contribution in [2.24, 2.45) is 5.92 Å². The molecular formula is C9H14BrN3O2. The minimum atomic E-state index is -0.237. The number of hydrogen-bond donors (Lipinski definition) is 2. The topological polar surface area (TPSA) is 67.0 Å². The number of aromatic amines is 1. The van der Waals surface area contributed by atoms with Gasteiger partial charge in [-0.25, -0.2) is 5.10 Å². The van der Waals surface area contributed by atoms with Crippen molar-refractivity contribution < 1.29 is 4.74 Å². The normalized spacial score (nSPS) is 12.5. The molecule has 1 aromatic heterocycles. The summed E-state index contributed by atoms with van der Waals surface area (Å²) < 4.78 is 5.48. The second-order valence-electron chi connectivity index (χ2n) is 3.37. The van der Waals surface area contributed by atoms with Gasteiger partial charge in [0, 0.05) is 13.7 Å². The van der Waals surface area contributed by atoms with Gasteiger partial charge in [0.2, 0.25) is 0 Å². The molecule has 0 amide bonds. The van der Waals surface area contributed by atoms with Gasteiger partial charge in [-0.15, -0.1) is 0 Å². The third-order valence-corrected chi connectivity index (χ3v) is 2.68. The number of halogens is 1. The van der Waals surface area contributed by atoms with Crippen LogP contribution in [-0.2, 0) is 4.74 Å². The summed E-state index contributed by atoms with van der Waals surface area (Å²) >= 11 is 3.19. The lowest BCUT2D eigenvalue weighted by Gasteiger charge is -2.12. The van der Waals surface area contributed by atoms with Crippen LogP contribution in [0.1, 0.15) is 6.92 Å². The molecule has 84 valence electrons. The molecule has 5 nitrogen and oxygen atoms in total. The second-order valence-corrected chi connectivity index (χ2v) is 4.16. The van der Waals surface area contributed by atoms with Crippen LogP contribution in [0.2, 0.25) is 0 Å². The Bertz CT molecular complexity index is 367. The van der Waals surface area contributed by atoms with E-state index in [0.717, 1.165) is 6.54 Å². The molecule has 1 aromatic rings. The van der Waals surface area contributed by atoms with Crippen LogP contribution in [0.4, 0.5) is 5.69 Å². The molecule has 0 aliphatic carbocycles. The SMILES string of the molecule is COCC(C)CNc1cn[nH]c(=O)c1Br. The number of H-pyrrole nitrogens is 1. The molecule has 1 unspecified atom stereocenters. The molecule has 0 aromatic carbocycles. The third kappa shape index (κ3) is 3.64. The predicted octanol–water partition coefficient (Wildman–Crippen LogP) is 1.23. The average molecular weight is 276 g/mol. The zero-order chi connectivity index (χ0) is 11.3. The van der Waals surface area contributed by atoms with Gasteiger partial charge in [-0.2, -0.15) is 5.10 Å². The van der Waals surface area contributed by atoms with Crippen LogP contribution in [-0.4, -0.2) is 30.5 Å². The highest BCUT2D eigenvalue weighted by Crippen LogP contribution is 2.15. The molecule has 0 spiro atoms. The molecule has 1 heterocycles. The Morgan fingerprint density at radius 3 is 3.13 bits per heavy atom. The van der Waals surface area contributed by atoms with Crippen LogP contribution in [0.5, 0.6) is 0 Å². The minimum absolute atomic E-state index is 0.237. The van der Waals surface area contributed by atoms with Crippen molar-refractivity contribution in [2.45, 2.75) is 6.92 Å². The molecule has 6 heteroatoms. The first-order chi connectivity index (χ1) is 7.15. The summed E-state index contributed by atoms with van der Waals surface area (Å²) in [5.41, 5.74) is 0.459. The van der Waals surface area contributed by atoms with E-state index in [9.17, 15) is 4.79 Å². The first-order valence-corrected chi connectivity index (χ1v) is 5.40. The quantitative estimate of drug-likeness (QED) is 0.848. The van der Waals surface area contributed by atoms with Crippen molar-refractivity contribution in [3.05, 3.63) is 21.0 Å². The Kier molecular flexibility index (Phi) is 4.77. The van der Waals surface area contributed by atoms with Gasteiger partial charge in [0.25, 0.3) is 5.56 Å². The summed E-state index contributed by atoms with van der Waals surface area (Å²) in [5.74, 6) is 0.376. The molecule has 0 saturated heterocycles. The molecule has 0 aliphatic heterocycles. The molecule has 15 heavy (non-hydrogen) atoms. The smallest absolute Gasteiger partial charge is 0.280 e. The minimum Gasteiger partial charge on any atom is -0.384 e. The summed E-state index contributed by atoms with van der Waals surface area (Å²) in [6.07, 6.45) is 1.57. The first kappa shape index (κ1) is 12.2. The van der Waals surface area contributed by atoms with Crippen LogP contribution >= 0.6 is 15.9 Å². The maximum absolute atomic E-state index is 11.2. The van der Waals surface area contributed by atoms with Crippen molar-refractivity contribution in [2.75, 3.05) is 25.6 Å². The summed E-state index contributed by atoms with van der Waals surface area (Å²) in [6, 6.07) is 0. The molecule has 1 atom stereocenters. The maximum Gasteiger partial charge on any atom is 0.280 e. The highest BCUT2D eigenvalue weighted by Gasteiger charge is 2.06. The molecule has 0 saturated carbocycles. The van der Waals surface area contributed by atoms with Gasteiger partial charge in [0.15, 0.2) is 0 Å². The number of methoxy groups -OCH3 is 1. The van der Waals surface area contributed by atoms with E-state index in [-0.39, 0.29) is 5.56 Å². The zero-order valence-corrected chi connectivity index (χ0v) is 10.3. The van der Waals surface area contributed by atoms with Gasteiger partial charge in [-0.3, -0.25) is 4.79 Å². The molecular weight excluding hydrogens is 262 g/mol. The number of anilines is 1. The standard InChI is InChI=1S/C9H14BrN3O2/c1-6(5-15-2)3-11-7-4-12-13-9(14)8(7)10/h4,6H,3,5H2,1-2H3,(H2,11,13,14). The fourth-order valence-corrected chi connectivity index (χ4v) is 1.47. The van der Waals surface area contributed by atoms with E-state index in [2.05, 4.69) is 38.4 Å². The zero-order valence-electron chi connectivity index (χ0n) is 8.71. The van der Waals surface area contributed by atoms with Gasteiger partial charge < -0.3 is 10.1 Å². The van der Waals surface area contributed by atoms with Crippen molar-refractivity contribution in [1.29, 1.82) is 0 Å². The lowest BCUT2D eigenvalue weighted by atomic mass is 10.2. The van der Waals surface area contributed by atoms with Crippen molar-refractivity contribution in [1.82, 2.24) is 10.2 Å². The fraction of sp³-hybridized carbons (Fsp3) is 0.556. The Labute approximate surface area is 96.4 Å². The largest absolute Gasteiger partial charge is 0.384 e. The highest BCUT2D eigenvalue weighted by atomic mass is 79.9. The number of hydrogen-bond acceptors (Lipinski definition) is 4. The molecule has 1 rings (SSSR count). The van der Waals surface area contributed by atoms with Crippen LogP contribution in [0.25, 0.3) is 0 Å². The van der Waals surface area contributed by atoms with E-state index in [0.29, 0.717) is 22.7 Å². The van der Waals surface area contributed by atoms with Gasteiger partial charge in [-0.05, 0) is 21.8 Å². The summed E-state index contributed by atoms with van der Waals surface area (Å²) in [4.78, 5) is 11.2. The molecule has 0 bridgehead atoms. The Balaban J connectivity index is 2.58. The Hall–Kier alpha value is -0.880. The van der Waals surface area contributed by atoms with E-state index in [1.54, 1.807) is 13.3 Å². The number of aromatic nitrogens is 2. The maximum atomic E-state index is 11.2. The lowest BCUT2D eigenvalue weighted by Crippen LogP contribution is -2.18. The van der Waals surface area contributed by atoms with E-state index in [1.165, 1.54) is 0 Å². The van der Waals surface area contributed by atoms with E-state index < -0.39 is 0 Å². The Morgan fingerprint density at radius 1 is 1.73 bits per heavy atom. The third-order valence-electron chi connectivity index (χ3n) is 1.89. The number of nitrogens with one attached hydrogen (secondary N) is 2. The molecule has 0 aliphatic rings. The summed E-state index contributed by atoms with van der Waals surface area (Å²) in [6.45, 7) is 3.48. The molecule has 0 radical (unpaired) electrons. The summed E-state index contributed by atoms with van der Waals surface area (Å²) in [5, 5.41) is 9.17. The van der Waals surface area contributed by atoms with Crippen molar-refractivity contribution in [3.8, 4) is 0 Å². The first-order valence-electron chi connectivity index (χ1n) is 4.61. The van der Waals surface area contributed by atoms with Gasteiger partial charge >= 0.3 is 0 Å². The Morgan fingerprint density at radius 2 is 2.47 bits per heavy atom. The number of rotatable bonds is 5. The van der Waals surface area contributed by atoms with Crippen LogP contribution in [0, 0.1) is 5.92 Å². The number of nitrogens with zero attached hydrogens (tertiary/aromatic N) is 1. The molecule has 2 N–H and O–H groups in total. The van der Waals surface area contributed by atoms with Crippen molar-refractivity contribution >= 4 is 21.6 Å². The second kappa shape index (κ2) is 5.87. The van der Waals surface area contributed by atoms with Crippen LogP contribution in [0.3, 0.4) is 0 Å². The van der Waals surface area contributed by atoms with Crippen molar-refractivity contribution in [3.63, 3.8) is 0 Å². The van der Waals surface area contributed by atoms with E-state index in [4.69, 9.17) is 4.74 Å². The molecule has 0 fully saturated rings. The van der Waals surface area contributed by atoms with Gasteiger partial charge in [0.05, 0.1) is 18.5 Å². The fourth-order valence-electron chi connectivity index (χ4n) is 1.13. The van der Waals surface area contributed by atoms with Gasteiger partial charge in [0.1, 0.15) is 4.47 Å². The van der Waals surface area contributed by atoms with Crippen LogP contribution in [0.15, 0.2) is 15.5 Å². The van der Waals surface area contributed by atoms with Crippen LogP contribution < -0.4 is 10.9 Å². The lowest BCUT2D eigenvalue weighted by molar-refractivity contribution is 0.164.